The molecule has 1 atom stereocenters. The molecular weight excluding hydrogens is 305 g/mol. The van der Waals surface area contributed by atoms with Crippen molar-refractivity contribution >= 4 is 36.7 Å². The van der Waals surface area contributed by atoms with E-state index in [2.05, 4.69) is 4.98 Å². The summed E-state index contributed by atoms with van der Waals surface area (Å²) in [5.74, 6) is -1.13. The highest BCUT2D eigenvalue weighted by Crippen LogP contribution is 2.17. The second-order valence-corrected chi connectivity index (χ2v) is 4.57. The van der Waals surface area contributed by atoms with Crippen LogP contribution < -0.4 is 0 Å². The number of carbonyl (C=O) groups is 2. The molecule has 1 N–H and O–H groups in total. The number of hydrogen-bond acceptors (Lipinski definition) is 3. The van der Waals surface area contributed by atoms with Crippen LogP contribution in [0.5, 0.6) is 0 Å². The first-order valence-corrected chi connectivity index (χ1v) is 6.13. The average Bonchev–Trinajstić information content (AvgIpc) is 2.99. The molecule has 8 heteroatoms. The minimum Gasteiger partial charge on any atom is -0.481 e. The van der Waals surface area contributed by atoms with E-state index in [1.807, 2.05) is 10.8 Å². The number of hydrogen-bond donors (Lipinski definition) is 1. The molecule has 0 spiro atoms. The summed E-state index contributed by atoms with van der Waals surface area (Å²) in [5, 5.41) is 8.87. The molecule has 0 radical (unpaired) electrons. The SMILES string of the molecule is Cl.Cl.O=C(O)C1CCN(C(=O)CCCn2ccnc2)C1. The molecule has 1 unspecified atom stereocenters. The van der Waals surface area contributed by atoms with Gasteiger partial charge in [0.1, 0.15) is 0 Å². The maximum absolute atomic E-state index is 11.9. The molecule has 1 aromatic rings. The monoisotopic (exact) mass is 323 g/mol. The van der Waals surface area contributed by atoms with Crippen molar-refractivity contribution in [2.45, 2.75) is 25.8 Å². The molecule has 20 heavy (non-hydrogen) atoms. The van der Waals surface area contributed by atoms with Crippen LogP contribution in [0.25, 0.3) is 0 Å². The normalized spacial score (nSPS) is 17.2. The van der Waals surface area contributed by atoms with Crippen LogP contribution in [0.1, 0.15) is 19.3 Å². The summed E-state index contributed by atoms with van der Waals surface area (Å²) < 4.78 is 1.93. The smallest absolute Gasteiger partial charge is 0.308 e. The van der Waals surface area contributed by atoms with E-state index in [9.17, 15) is 9.59 Å². The summed E-state index contributed by atoms with van der Waals surface area (Å²) in [4.78, 5) is 28.2. The highest BCUT2D eigenvalue weighted by molar-refractivity contribution is 5.85. The summed E-state index contributed by atoms with van der Waals surface area (Å²) in [6, 6.07) is 0. The number of rotatable bonds is 5. The van der Waals surface area contributed by atoms with E-state index in [1.54, 1.807) is 17.4 Å². The van der Waals surface area contributed by atoms with Crippen LogP contribution in [0.2, 0.25) is 0 Å². The lowest BCUT2D eigenvalue weighted by molar-refractivity contribution is -0.141. The van der Waals surface area contributed by atoms with Crippen LogP contribution in [0.15, 0.2) is 18.7 Å². The van der Waals surface area contributed by atoms with Crippen molar-refractivity contribution in [3.05, 3.63) is 18.7 Å². The molecule has 6 nitrogen and oxygen atoms in total. The number of halogens is 2. The van der Waals surface area contributed by atoms with Crippen LogP contribution in [0.4, 0.5) is 0 Å². The Morgan fingerprint density at radius 2 is 2.10 bits per heavy atom. The molecule has 2 heterocycles. The lowest BCUT2D eigenvalue weighted by atomic mass is 10.1. The number of aromatic nitrogens is 2. The van der Waals surface area contributed by atoms with Crippen molar-refractivity contribution in [3.8, 4) is 0 Å². The summed E-state index contributed by atoms with van der Waals surface area (Å²) in [6.45, 7) is 1.70. The van der Waals surface area contributed by atoms with E-state index in [0.29, 0.717) is 25.9 Å². The van der Waals surface area contributed by atoms with Gasteiger partial charge in [0.25, 0.3) is 0 Å². The lowest BCUT2D eigenvalue weighted by Gasteiger charge is -2.15. The topological polar surface area (TPSA) is 75.4 Å². The van der Waals surface area contributed by atoms with Gasteiger partial charge in [0.15, 0.2) is 0 Å². The molecule has 1 aliphatic rings. The molecule has 0 saturated carbocycles. The number of aryl methyl sites for hydroxylation is 1. The molecule has 1 aliphatic heterocycles. The summed E-state index contributed by atoms with van der Waals surface area (Å²) >= 11 is 0. The van der Waals surface area contributed by atoms with Crippen molar-refractivity contribution in [2.24, 2.45) is 5.92 Å². The van der Waals surface area contributed by atoms with Gasteiger partial charge >= 0.3 is 5.97 Å². The first kappa shape index (κ1) is 18.7. The molecular formula is C12H19Cl2N3O3. The molecule has 1 amide bonds. The van der Waals surface area contributed by atoms with E-state index in [4.69, 9.17) is 5.11 Å². The van der Waals surface area contributed by atoms with E-state index in [0.717, 1.165) is 13.0 Å². The summed E-state index contributed by atoms with van der Waals surface area (Å²) in [7, 11) is 0. The van der Waals surface area contributed by atoms with Gasteiger partial charge in [0.05, 0.1) is 12.2 Å². The number of imidazole rings is 1. The Labute approximate surface area is 130 Å². The minimum absolute atomic E-state index is 0. The Balaban J connectivity index is 0.00000180. The third-order valence-electron chi connectivity index (χ3n) is 3.26. The minimum atomic E-state index is -0.802. The van der Waals surface area contributed by atoms with Crippen molar-refractivity contribution in [1.82, 2.24) is 14.5 Å². The van der Waals surface area contributed by atoms with Crippen LogP contribution in [0.3, 0.4) is 0 Å². The van der Waals surface area contributed by atoms with Crippen molar-refractivity contribution in [1.29, 1.82) is 0 Å². The second kappa shape index (κ2) is 8.81. The van der Waals surface area contributed by atoms with Gasteiger partial charge in [-0.05, 0) is 12.8 Å². The van der Waals surface area contributed by atoms with E-state index in [-0.39, 0.29) is 36.6 Å². The van der Waals surface area contributed by atoms with Gasteiger partial charge in [0.2, 0.25) is 5.91 Å². The fourth-order valence-electron chi connectivity index (χ4n) is 2.18. The highest BCUT2D eigenvalue weighted by atomic mass is 35.5. The molecule has 0 bridgehead atoms. The quantitative estimate of drug-likeness (QED) is 0.889. The summed E-state index contributed by atoms with van der Waals surface area (Å²) in [6.07, 6.45) is 7.08. The fraction of sp³-hybridized carbons (Fsp3) is 0.583. The molecule has 0 aromatic carbocycles. The zero-order valence-corrected chi connectivity index (χ0v) is 12.6. The number of aliphatic carboxylic acids is 1. The second-order valence-electron chi connectivity index (χ2n) is 4.57. The Morgan fingerprint density at radius 1 is 1.35 bits per heavy atom. The predicted molar refractivity (Wildman–Crippen MR) is 78.3 cm³/mol. The molecule has 1 saturated heterocycles. The first-order valence-electron chi connectivity index (χ1n) is 6.13. The van der Waals surface area contributed by atoms with Gasteiger partial charge < -0.3 is 14.6 Å². The number of carbonyl (C=O) groups excluding carboxylic acids is 1. The largest absolute Gasteiger partial charge is 0.481 e. The summed E-state index contributed by atoms with van der Waals surface area (Å²) in [5.41, 5.74) is 0. The van der Waals surface area contributed by atoms with Gasteiger partial charge in [-0.1, -0.05) is 0 Å². The Bertz CT molecular complexity index is 426. The number of amides is 1. The standard InChI is InChI=1S/C12H17N3O3.2ClH/c16-11(2-1-5-14-7-4-13-9-14)15-6-3-10(8-15)12(17)18;;/h4,7,9-10H,1-3,5-6,8H2,(H,17,18);2*1H. The zero-order chi connectivity index (χ0) is 13.0. The van der Waals surface area contributed by atoms with Gasteiger partial charge in [-0.15, -0.1) is 24.8 Å². The molecule has 114 valence electrons. The Morgan fingerprint density at radius 3 is 2.65 bits per heavy atom. The molecule has 1 aromatic heterocycles. The number of nitrogens with zero attached hydrogens (tertiary/aromatic N) is 3. The van der Waals surface area contributed by atoms with Gasteiger partial charge in [-0.3, -0.25) is 9.59 Å². The molecule has 2 rings (SSSR count). The third kappa shape index (κ3) is 5.02. The first-order chi connectivity index (χ1) is 8.66. The van der Waals surface area contributed by atoms with E-state index in [1.165, 1.54) is 0 Å². The maximum atomic E-state index is 11.9. The van der Waals surface area contributed by atoms with Crippen LogP contribution in [-0.2, 0) is 16.1 Å². The third-order valence-corrected chi connectivity index (χ3v) is 3.26. The van der Waals surface area contributed by atoms with E-state index < -0.39 is 5.97 Å². The number of carboxylic acid groups (broad SMARTS) is 1. The van der Waals surface area contributed by atoms with Crippen LogP contribution >= 0.6 is 24.8 Å². The number of likely N-dealkylation sites (tertiary alicyclic amines) is 1. The molecule has 0 aliphatic carbocycles. The van der Waals surface area contributed by atoms with Crippen LogP contribution in [-0.4, -0.2) is 44.5 Å². The lowest BCUT2D eigenvalue weighted by Crippen LogP contribution is -2.29. The van der Waals surface area contributed by atoms with Gasteiger partial charge in [-0.2, -0.15) is 0 Å². The zero-order valence-electron chi connectivity index (χ0n) is 11.0. The highest BCUT2D eigenvalue weighted by Gasteiger charge is 2.30. The van der Waals surface area contributed by atoms with E-state index >= 15 is 0 Å². The van der Waals surface area contributed by atoms with Gasteiger partial charge in [-0.25, -0.2) is 4.98 Å². The number of carboxylic acids is 1. The predicted octanol–water partition coefficient (Wildman–Crippen LogP) is 1.44. The maximum Gasteiger partial charge on any atom is 0.308 e. The average molecular weight is 324 g/mol. The Hall–Kier alpha value is -1.27. The van der Waals surface area contributed by atoms with Crippen molar-refractivity contribution in [2.75, 3.05) is 13.1 Å². The van der Waals surface area contributed by atoms with Crippen LogP contribution in [0, 0.1) is 5.92 Å². The van der Waals surface area contributed by atoms with Gasteiger partial charge in [0, 0.05) is 38.4 Å². The fourth-order valence-corrected chi connectivity index (χ4v) is 2.18. The van der Waals surface area contributed by atoms with Crippen molar-refractivity contribution < 1.29 is 14.7 Å². The van der Waals surface area contributed by atoms with Crippen molar-refractivity contribution in [3.63, 3.8) is 0 Å². The Kier molecular flexibility index (Phi) is 8.25. The molecule has 1 fully saturated rings.